The number of hydrogen-bond donors (Lipinski definition) is 1. The molecule has 0 radical (unpaired) electrons. The van der Waals surface area contributed by atoms with E-state index >= 15 is 0 Å². The van der Waals surface area contributed by atoms with Crippen molar-refractivity contribution in [2.75, 3.05) is 36.4 Å². The largest absolute Gasteiger partial charge is 0.345 e. The molecule has 1 aliphatic heterocycles. The van der Waals surface area contributed by atoms with E-state index in [4.69, 9.17) is 16.6 Å². The van der Waals surface area contributed by atoms with Crippen molar-refractivity contribution in [3.63, 3.8) is 0 Å². The lowest BCUT2D eigenvalue weighted by molar-refractivity contribution is -0.129. The number of rotatable bonds is 3. The second-order valence-corrected chi connectivity index (χ2v) is 8.91. The fourth-order valence-electron chi connectivity index (χ4n) is 3.76. The topological polar surface area (TPSA) is 65.5 Å². The Labute approximate surface area is 177 Å². The van der Waals surface area contributed by atoms with E-state index in [2.05, 4.69) is 10.2 Å². The van der Waals surface area contributed by atoms with Crippen LogP contribution < -0.4 is 10.2 Å². The summed E-state index contributed by atoms with van der Waals surface area (Å²) >= 11 is 7.39. The van der Waals surface area contributed by atoms with Crippen LogP contribution in [0.2, 0.25) is 5.02 Å². The van der Waals surface area contributed by atoms with Crippen LogP contribution in [0.1, 0.15) is 23.9 Å². The molecule has 1 fully saturated rings. The third-order valence-corrected chi connectivity index (χ3v) is 6.90. The predicted octanol–water partition coefficient (Wildman–Crippen LogP) is 3.35. The van der Waals surface area contributed by atoms with Gasteiger partial charge in [0.15, 0.2) is 5.13 Å². The number of nitrogens with one attached hydrogen (secondary N) is 1. The van der Waals surface area contributed by atoms with Crippen LogP contribution in [0.4, 0.5) is 15.2 Å². The average Bonchev–Trinajstić information content (AvgIpc) is 3.13. The molecule has 29 heavy (non-hydrogen) atoms. The van der Waals surface area contributed by atoms with Crippen LogP contribution in [0.25, 0.3) is 0 Å². The van der Waals surface area contributed by atoms with Crippen molar-refractivity contribution in [3.8, 4) is 0 Å². The van der Waals surface area contributed by atoms with Gasteiger partial charge in [-0.15, -0.1) is 11.3 Å². The first kappa shape index (κ1) is 20.1. The van der Waals surface area contributed by atoms with Crippen molar-refractivity contribution in [1.29, 1.82) is 0 Å². The van der Waals surface area contributed by atoms with Gasteiger partial charge in [0.25, 0.3) is 0 Å². The Balaban J connectivity index is 1.40. The zero-order valence-electron chi connectivity index (χ0n) is 16.1. The van der Waals surface area contributed by atoms with Gasteiger partial charge in [-0.1, -0.05) is 11.6 Å². The van der Waals surface area contributed by atoms with Gasteiger partial charge in [-0.3, -0.25) is 9.59 Å². The molecule has 154 valence electrons. The van der Waals surface area contributed by atoms with Gasteiger partial charge in [-0.05, 0) is 37.5 Å². The van der Waals surface area contributed by atoms with Crippen molar-refractivity contribution >= 4 is 45.6 Å². The lowest BCUT2D eigenvalue weighted by Gasteiger charge is -2.33. The molecule has 0 saturated carbocycles. The van der Waals surface area contributed by atoms with Crippen LogP contribution in [0.15, 0.2) is 18.2 Å². The highest BCUT2D eigenvalue weighted by atomic mass is 35.5. The first-order valence-electron chi connectivity index (χ1n) is 9.65. The highest BCUT2D eigenvalue weighted by molar-refractivity contribution is 7.15. The fourth-order valence-corrected chi connectivity index (χ4v) is 5.16. The second kappa shape index (κ2) is 8.28. The lowest BCUT2D eigenvalue weighted by atomic mass is 9.90. The maximum Gasteiger partial charge on any atom is 0.227 e. The van der Waals surface area contributed by atoms with E-state index < -0.39 is 5.82 Å². The average molecular weight is 437 g/mol. The number of amides is 2. The third kappa shape index (κ3) is 4.38. The summed E-state index contributed by atoms with van der Waals surface area (Å²) < 4.78 is 14.0. The molecule has 4 rings (SSSR count). The number of aromatic nitrogens is 1. The number of nitrogens with zero attached hydrogens (tertiary/aromatic N) is 3. The number of benzene rings is 1. The van der Waals surface area contributed by atoms with E-state index in [1.165, 1.54) is 12.1 Å². The van der Waals surface area contributed by atoms with Gasteiger partial charge in [0.2, 0.25) is 11.8 Å². The second-order valence-electron chi connectivity index (χ2n) is 7.41. The minimum Gasteiger partial charge on any atom is -0.345 e. The standard InChI is InChI=1S/C20H22ClFN4O2S/c1-12(27)25-6-8-26(9-7-25)20-24-17-4-2-13(10-18(17)29-20)19(28)23-16-5-3-14(21)11-15(16)22/h3,5,11,13H,2,4,6-10H2,1H3,(H,23,28)/t13-/m1/s1. The van der Waals surface area contributed by atoms with Gasteiger partial charge in [-0.25, -0.2) is 9.37 Å². The van der Waals surface area contributed by atoms with E-state index in [-0.39, 0.29) is 23.4 Å². The molecule has 2 aliphatic rings. The number of hydrogen-bond acceptors (Lipinski definition) is 5. The molecule has 0 spiro atoms. The van der Waals surface area contributed by atoms with E-state index in [0.29, 0.717) is 31.0 Å². The van der Waals surface area contributed by atoms with Gasteiger partial charge >= 0.3 is 0 Å². The van der Waals surface area contributed by atoms with Crippen LogP contribution in [-0.2, 0) is 22.4 Å². The monoisotopic (exact) mass is 436 g/mol. The molecule has 1 aliphatic carbocycles. The number of fused-ring (bicyclic) bond motifs is 1. The van der Waals surface area contributed by atoms with Gasteiger partial charge in [0.05, 0.1) is 11.4 Å². The fraction of sp³-hybridized carbons (Fsp3) is 0.450. The van der Waals surface area contributed by atoms with Gasteiger partial charge < -0.3 is 15.1 Å². The van der Waals surface area contributed by atoms with Crippen molar-refractivity contribution < 1.29 is 14.0 Å². The molecule has 1 aromatic carbocycles. The molecule has 2 heterocycles. The summed E-state index contributed by atoms with van der Waals surface area (Å²) in [6.45, 7) is 4.55. The number of piperazine rings is 1. The minimum atomic E-state index is -0.535. The molecule has 2 aromatic rings. The lowest BCUT2D eigenvalue weighted by Crippen LogP contribution is -2.48. The van der Waals surface area contributed by atoms with E-state index in [0.717, 1.165) is 35.2 Å². The Morgan fingerprint density at radius 3 is 2.72 bits per heavy atom. The normalized spacial score (nSPS) is 19.1. The van der Waals surface area contributed by atoms with Gasteiger partial charge in [0, 0.05) is 48.9 Å². The highest BCUT2D eigenvalue weighted by Gasteiger charge is 2.30. The van der Waals surface area contributed by atoms with E-state index in [1.807, 2.05) is 4.90 Å². The number of carbonyl (C=O) groups is 2. The maximum absolute atomic E-state index is 14.0. The number of halogens is 2. The van der Waals surface area contributed by atoms with Crippen LogP contribution in [-0.4, -0.2) is 47.9 Å². The van der Waals surface area contributed by atoms with Crippen LogP contribution >= 0.6 is 22.9 Å². The van der Waals surface area contributed by atoms with Crippen LogP contribution in [0.5, 0.6) is 0 Å². The summed E-state index contributed by atoms with van der Waals surface area (Å²) in [5.74, 6) is -0.816. The summed E-state index contributed by atoms with van der Waals surface area (Å²) in [5.41, 5.74) is 1.21. The number of anilines is 2. The van der Waals surface area contributed by atoms with Gasteiger partial charge in [-0.2, -0.15) is 0 Å². The molecule has 1 saturated heterocycles. The number of thiazole rings is 1. The SMILES string of the molecule is CC(=O)N1CCN(c2nc3c(s2)C[C@H](C(=O)Nc2ccc(Cl)cc2F)CC3)CC1. The Hall–Kier alpha value is -2.19. The molecule has 9 heteroatoms. The Kier molecular flexibility index (Phi) is 5.74. The van der Waals surface area contributed by atoms with Gasteiger partial charge in [0.1, 0.15) is 5.82 Å². The molecular formula is C20H22ClFN4O2S. The van der Waals surface area contributed by atoms with E-state index in [9.17, 15) is 14.0 Å². The molecule has 1 N–H and O–H groups in total. The first-order chi connectivity index (χ1) is 13.9. The van der Waals surface area contributed by atoms with Crippen molar-refractivity contribution in [3.05, 3.63) is 39.6 Å². The Bertz CT molecular complexity index is 943. The maximum atomic E-state index is 14.0. The minimum absolute atomic E-state index is 0.106. The summed E-state index contributed by atoms with van der Waals surface area (Å²) in [4.78, 5) is 34.1. The zero-order chi connectivity index (χ0) is 20.5. The number of carbonyl (C=O) groups excluding carboxylic acids is 2. The highest BCUT2D eigenvalue weighted by Crippen LogP contribution is 2.35. The summed E-state index contributed by atoms with van der Waals surface area (Å²) in [6, 6.07) is 4.23. The van der Waals surface area contributed by atoms with Crippen LogP contribution in [0, 0.1) is 11.7 Å². The molecule has 1 atom stereocenters. The molecule has 1 aromatic heterocycles. The van der Waals surface area contributed by atoms with Crippen LogP contribution in [0.3, 0.4) is 0 Å². The molecule has 6 nitrogen and oxygen atoms in total. The molecule has 2 amide bonds. The smallest absolute Gasteiger partial charge is 0.227 e. The molecular weight excluding hydrogens is 415 g/mol. The molecule has 0 bridgehead atoms. The first-order valence-corrected chi connectivity index (χ1v) is 10.8. The zero-order valence-corrected chi connectivity index (χ0v) is 17.7. The van der Waals surface area contributed by atoms with Crippen molar-refractivity contribution in [2.24, 2.45) is 5.92 Å². The quantitative estimate of drug-likeness (QED) is 0.801. The van der Waals surface area contributed by atoms with Crippen molar-refractivity contribution in [1.82, 2.24) is 9.88 Å². The summed E-state index contributed by atoms with van der Waals surface area (Å²) in [6.07, 6.45) is 2.04. The summed E-state index contributed by atoms with van der Waals surface area (Å²) in [5, 5.41) is 3.94. The van der Waals surface area contributed by atoms with E-state index in [1.54, 1.807) is 24.3 Å². The summed E-state index contributed by atoms with van der Waals surface area (Å²) in [7, 11) is 0. The Morgan fingerprint density at radius 1 is 1.28 bits per heavy atom. The number of aryl methyl sites for hydroxylation is 1. The van der Waals surface area contributed by atoms with Crippen molar-refractivity contribution in [2.45, 2.75) is 26.2 Å². The molecule has 0 unspecified atom stereocenters. The third-order valence-electron chi connectivity index (χ3n) is 5.48. The Morgan fingerprint density at radius 2 is 2.03 bits per heavy atom. The predicted molar refractivity (Wildman–Crippen MR) is 112 cm³/mol.